The summed E-state index contributed by atoms with van der Waals surface area (Å²) >= 11 is 0. The summed E-state index contributed by atoms with van der Waals surface area (Å²) in [6, 6.07) is 16.8. The molecule has 0 unspecified atom stereocenters. The van der Waals surface area contributed by atoms with Crippen LogP contribution in [0.2, 0.25) is 0 Å². The molecule has 0 fully saturated rings. The van der Waals surface area contributed by atoms with Crippen molar-refractivity contribution in [3.05, 3.63) is 65.2 Å². The fourth-order valence-electron chi connectivity index (χ4n) is 1.76. The molecule has 2 aromatic rings. The summed E-state index contributed by atoms with van der Waals surface area (Å²) in [5, 5.41) is 12.8. The number of amides is 1. The highest BCUT2D eigenvalue weighted by molar-refractivity contribution is 5.81. The van der Waals surface area contributed by atoms with Crippen molar-refractivity contribution in [2.45, 2.75) is 13.5 Å². The number of hydrazone groups is 1. The summed E-state index contributed by atoms with van der Waals surface area (Å²) in [6.07, 6.45) is 1.55. The van der Waals surface area contributed by atoms with Crippen molar-refractivity contribution in [2.24, 2.45) is 5.10 Å². The summed E-state index contributed by atoms with van der Waals surface area (Å²) in [6.45, 7) is 1.73. The Hall–Kier alpha value is -3.13. The van der Waals surface area contributed by atoms with Crippen LogP contribution in [0.3, 0.4) is 0 Å². The molecule has 0 saturated heterocycles. The number of rotatable bonds is 5. The molecule has 110 valence electrons. The Balaban J connectivity index is 1.96. The van der Waals surface area contributed by atoms with E-state index in [-0.39, 0.29) is 5.91 Å². The predicted octanol–water partition coefficient (Wildman–Crippen LogP) is 2.61. The lowest BCUT2D eigenvalue weighted by atomic mass is 10.1. The van der Waals surface area contributed by atoms with Gasteiger partial charge in [-0.1, -0.05) is 18.2 Å². The van der Waals surface area contributed by atoms with Crippen molar-refractivity contribution < 1.29 is 9.53 Å². The van der Waals surface area contributed by atoms with Gasteiger partial charge in [0.1, 0.15) is 12.4 Å². The Bertz CT molecular complexity index is 715. The number of benzene rings is 2. The van der Waals surface area contributed by atoms with Crippen LogP contribution < -0.4 is 10.2 Å². The smallest absolute Gasteiger partial charge is 0.236 e. The normalized spacial score (nSPS) is 10.2. The molecule has 5 heteroatoms. The maximum atomic E-state index is 10.7. The second-order valence-electron chi connectivity index (χ2n) is 4.55. The van der Waals surface area contributed by atoms with E-state index in [0.717, 1.165) is 11.1 Å². The van der Waals surface area contributed by atoms with Gasteiger partial charge >= 0.3 is 0 Å². The largest absolute Gasteiger partial charge is 0.489 e. The summed E-state index contributed by atoms with van der Waals surface area (Å²) in [5.74, 6) is 0.483. The number of hydrogen-bond acceptors (Lipinski definition) is 4. The number of ether oxygens (including phenoxy) is 1. The van der Waals surface area contributed by atoms with Crippen molar-refractivity contribution in [3.63, 3.8) is 0 Å². The average Bonchev–Trinajstić information content (AvgIpc) is 2.54. The minimum Gasteiger partial charge on any atom is -0.489 e. The summed E-state index contributed by atoms with van der Waals surface area (Å²) < 4.78 is 5.67. The van der Waals surface area contributed by atoms with E-state index in [0.29, 0.717) is 17.9 Å². The summed E-state index contributed by atoms with van der Waals surface area (Å²) in [4.78, 5) is 10.7. The highest BCUT2D eigenvalue weighted by Crippen LogP contribution is 2.15. The first-order valence-corrected chi connectivity index (χ1v) is 6.69. The third kappa shape index (κ3) is 4.46. The molecule has 0 heterocycles. The standard InChI is InChI=1S/C17H15N3O2/c1-13(21)20-19-11-14-6-8-17(9-7-14)22-12-16-5-3-2-4-15(16)10-18/h2-9,11H,12H2,1H3,(H,20,21). The number of hydrogen-bond donors (Lipinski definition) is 1. The first-order chi connectivity index (χ1) is 10.7. The number of carbonyl (C=O) groups is 1. The lowest BCUT2D eigenvalue weighted by Gasteiger charge is -2.07. The number of carbonyl (C=O) groups excluding carboxylic acids is 1. The molecular formula is C17H15N3O2. The van der Waals surface area contributed by atoms with Gasteiger partial charge in [0.2, 0.25) is 5.91 Å². The highest BCUT2D eigenvalue weighted by Gasteiger charge is 2.01. The molecule has 0 aliphatic heterocycles. The lowest BCUT2D eigenvalue weighted by molar-refractivity contribution is -0.118. The molecule has 0 aromatic heterocycles. The van der Waals surface area contributed by atoms with Gasteiger partial charge in [0.25, 0.3) is 0 Å². The van der Waals surface area contributed by atoms with Crippen molar-refractivity contribution in [1.29, 1.82) is 5.26 Å². The Morgan fingerprint density at radius 1 is 1.27 bits per heavy atom. The van der Waals surface area contributed by atoms with Gasteiger partial charge in [-0.25, -0.2) is 5.43 Å². The van der Waals surface area contributed by atoms with Crippen LogP contribution in [0.25, 0.3) is 0 Å². The van der Waals surface area contributed by atoms with E-state index in [4.69, 9.17) is 10.00 Å². The monoisotopic (exact) mass is 293 g/mol. The molecule has 0 spiro atoms. The van der Waals surface area contributed by atoms with Crippen molar-refractivity contribution in [2.75, 3.05) is 0 Å². The van der Waals surface area contributed by atoms with Crippen LogP contribution in [0.5, 0.6) is 5.75 Å². The van der Waals surface area contributed by atoms with Crippen LogP contribution in [0.1, 0.15) is 23.6 Å². The lowest BCUT2D eigenvalue weighted by Crippen LogP contribution is -2.12. The van der Waals surface area contributed by atoms with Crippen LogP contribution >= 0.6 is 0 Å². The molecule has 0 aliphatic carbocycles. The molecule has 1 N–H and O–H groups in total. The van der Waals surface area contributed by atoms with Crippen LogP contribution in [-0.4, -0.2) is 12.1 Å². The fourth-order valence-corrected chi connectivity index (χ4v) is 1.76. The van der Waals surface area contributed by atoms with Gasteiger partial charge < -0.3 is 4.74 Å². The maximum absolute atomic E-state index is 10.7. The minimum absolute atomic E-state index is 0.215. The van der Waals surface area contributed by atoms with Crippen LogP contribution in [0, 0.1) is 11.3 Å². The van der Waals surface area contributed by atoms with E-state index in [2.05, 4.69) is 16.6 Å². The van der Waals surface area contributed by atoms with Crippen LogP contribution in [-0.2, 0) is 11.4 Å². The zero-order valence-electron chi connectivity index (χ0n) is 12.1. The van der Waals surface area contributed by atoms with Gasteiger partial charge in [0, 0.05) is 12.5 Å². The third-order valence-electron chi connectivity index (χ3n) is 2.85. The molecule has 5 nitrogen and oxygen atoms in total. The maximum Gasteiger partial charge on any atom is 0.236 e. The highest BCUT2D eigenvalue weighted by atomic mass is 16.5. The van der Waals surface area contributed by atoms with Crippen molar-refractivity contribution in [3.8, 4) is 11.8 Å². The van der Waals surface area contributed by atoms with Gasteiger partial charge in [0.15, 0.2) is 0 Å². The molecule has 0 saturated carbocycles. The van der Waals surface area contributed by atoms with Gasteiger partial charge in [-0.2, -0.15) is 10.4 Å². The molecular weight excluding hydrogens is 278 g/mol. The van der Waals surface area contributed by atoms with Gasteiger partial charge in [-0.15, -0.1) is 0 Å². The molecule has 0 bridgehead atoms. The van der Waals surface area contributed by atoms with E-state index in [1.165, 1.54) is 6.92 Å². The Kier molecular flexibility index (Phi) is 5.27. The summed E-state index contributed by atoms with van der Waals surface area (Å²) in [5.41, 5.74) is 4.64. The SMILES string of the molecule is CC(=O)NN=Cc1ccc(OCc2ccccc2C#N)cc1. The Labute approximate surface area is 128 Å². The van der Waals surface area contributed by atoms with Gasteiger partial charge in [-0.3, -0.25) is 4.79 Å². The van der Waals surface area contributed by atoms with E-state index in [1.54, 1.807) is 12.3 Å². The molecule has 0 aliphatic rings. The van der Waals surface area contributed by atoms with E-state index >= 15 is 0 Å². The molecule has 2 aromatic carbocycles. The third-order valence-corrected chi connectivity index (χ3v) is 2.85. The topological polar surface area (TPSA) is 74.5 Å². The van der Waals surface area contributed by atoms with Crippen LogP contribution in [0.4, 0.5) is 0 Å². The van der Waals surface area contributed by atoms with E-state index in [9.17, 15) is 4.79 Å². The molecule has 22 heavy (non-hydrogen) atoms. The molecule has 0 atom stereocenters. The Morgan fingerprint density at radius 3 is 2.68 bits per heavy atom. The first-order valence-electron chi connectivity index (χ1n) is 6.69. The number of nitrogens with zero attached hydrogens (tertiary/aromatic N) is 2. The minimum atomic E-state index is -0.215. The first kappa shape index (κ1) is 15.3. The van der Waals surface area contributed by atoms with Gasteiger partial charge in [-0.05, 0) is 35.9 Å². The summed E-state index contributed by atoms with van der Waals surface area (Å²) in [7, 11) is 0. The van der Waals surface area contributed by atoms with Crippen molar-refractivity contribution >= 4 is 12.1 Å². The Morgan fingerprint density at radius 2 is 2.00 bits per heavy atom. The fraction of sp³-hybridized carbons (Fsp3) is 0.118. The van der Waals surface area contributed by atoms with E-state index in [1.807, 2.05) is 42.5 Å². The number of nitrogens with one attached hydrogen (secondary N) is 1. The molecule has 1 amide bonds. The second kappa shape index (κ2) is 7.60. The average molecular weight is 293 g/mol. The molecule has 0 radical (unpaired) electrons. The predicted molar refractivity (Wildman–Crippen MR) is 83.3 cm³/mol. The number of nitriles is 1. The van der Waals surface area contributed by atoms with Crippen molar-refractivity contribution in [1.82, 2.24) is 5.43 Å². The van der Waals surface area contributed by atoms with E-state index < -0.39 is 0 Å². The second-order valence-corrected chi connectivity index (χ2v) is 4.55. The zero-order valence-corrected chi connectivity index (χ0v) is 12.1. The zero-order chi connectivity index (χ0) is 15.8. The van der Waals surface area contributed by atoms with Crippen LogP contribution in [0.15, 0.2) is 53.6 Å². The quantitative estimate of drug-likeness (QED) is 0.680. The molecule has 2 rings (SSSR count). The van der Waals surface area contributed by atoms with Gasteiger partial charge in [0.05, 0.1) is 17.8 Å².